The van der Waals surface area contributed by atoms with Crippen LogP contribution in [0.15, 0.2) is 67.0 Å². The number of carbonyl (C=O) groups is 2. The minimum atomic E-state index is -0.285. The molecule has 3 amide bonds. The Bertz CT molecular complexity index is 1240. The van der Waals surface area contributed by atoms with Crippen molar-refractivity contribution in [1.29, 1.82) is 0 Å². The topological polar surface area (TPSA) is 86.4 Å². The number of carbonyl (C=O) groups excluding carboxylic acids is 2. The molecule has 5 rings (SSSR count). The molecule has 7 nitrogen and oxygen atoms in total. The van der Waals surface area contributed by atoms with E-state index in [2.05, 4.69) is 31.9 Å². The molecule has 0 spiro atoms. The fourth-order valence-electron chi connectivity index (χ4n) is 5.30. The SMILES string of the molecule is O=C(NCC1CCCc2ccc(C(=O)NC3CCN(c4ccncc4)CC3)cc21)Nc1ccccc1Cl. The van der Waals surface area contributed by atoms with E-state index in [1.807, 2.05) is 48.8 Å². The van der Waals surface area contributed by atoms with Gasteiger partial charge in [0, 0.05) is 55.2 Å². The van der Waals surface area contributed by atoms with Gasteiger partial charge in [0.1, 0.15) is 0 Å². The monoisotopic (exact) mass is 517 g/mol. The molecule has 2 aromatic carbocycles. The molecule has 0 saturated carbocycles. The lowest BCUT2D eigenvalue weighted by Gasteiger charge is -2.34. The van der Waals surface area contributed by atoms with E-state index in [0.717, 1.165) is 50.8 Å². The number of amides is 3. The zero-order valence-corrected chi connectivity index (χ0v) is 21.5. The lowest BCUT2D eigenvalue weighted by Crippen LogP contribution is -2.44. The van der Waals surface area contributed by atoms with E-state index in [9.17, 15) is 9.59 Å². The predicted molar refractivity (Wildman–Crippen MR) is 148 cm³/mol. The Balaban J connectivity index is 1.17. The summed E-state index contributed by atoms with van der Waals surface area (Å²) in [5.41, 5.74) is 4.85. The van der Waals surface area contributed by atoms with E-state index < -0.39 is 0 Å². The number of aromatic nitrogens is 1. The predicted octanol–water partition coefficient (Wildman–Crippen LogP) is 5.38. The summed E-state index contributed by atoms with van der Waals surface area (Å²) in [6.45, 7) is 2.31. The highest BCUT2D eigenvalue weighted by atomic mass is 35.5. The molecule has 3 aromatic rings. The number of hydrogen-bond acceptors (Lipinski definition) is 4. The number of benzene rings is 2. The molecule has 1 saturated heterocycles. The first-order valence-electron chi connectivity index (χ1n) is 12.9. The van der Waals surface area contributed by atoms with Crippen molar-refractivity contribution in [3.8, 4) is 0 Å². The highest BCUT2D eigenvalue weighted by molar-refractivity contribution is 6.33. The number of urea groups is 1. The fraction of sp³-hybridized carbons (Fsp3) is 0.345. The first kappa shape index (κ1) is 25.1. The molecule has 1 aromatic heterocycles. The number of pyridine rings is 1. The number of hydrogen-bond donors (Lipinski definition) is 3. The molecule has 1 unspecified atom stereocenters. The molecule has 192 valence electrons. The van der Waals surface area contributed by atoms with Gasteiger partial charge in [-0.2, -0.15) is 0 Å². The van der Waals surface area contributed by atoms with Crippen LogP contribution < -0.4 is 20.9 Å². The maximum absolute atomic E-state index is 13.1. The van der Waals surface area contributed by atoms with Crippen molar-refractivity contribution in [1.82, 2.24) is 15.6 Å². The molecule has 2 heterocycles. The number of para-hydroxylation sites is 1. The number of halogens is 1. The minimum Gasteiger partial charge on any atom is -0.371 e. The average molecular weight is 518 g/mol. The van der Waals surface area contributed by atoms with Crippen molar-refractivity contribution in [2.24, 2.45) is 0 Å². The summed E-state index contributed by atoms with van der Waals surface area (Å²) in [5.74, 6) is 0.135. The number of piperidine rings is 1. The molecule has 1 aliphatic carbocycles. The highest BCUT2D eigenvalue weighted by Gasteiger charge is 2.25. The van der Waals surface area contributed by atoms with E-state index in [0.29, 0.717) is 22.8 Å². The molecule has 0 bridgehead atoms. The van der Waals surface area contributed by atoms with Gasteiger partial charge < -0.3 is 20.9 Å². The van der Waals surface area contributed by atoms with Crippen LogP contribution in [0.4, 0.5) is 16.2 Å². The first-order chi connectivity index (χ1) is 18.1. The van der Waals surface area contributed by atoms with E-state index >= 15 is 0 Å². The summed E-state index contributed by atoms with van der Waals surface area (Å²) in [4.78, 5) is 32.0. The molecular weight excluding hydrogens is 486 g/mol. The van der Waals surface area contributed by atoms with Crippen molar-refractivity contribution >= 4 is 34.9 Å². The number of rotatable bonds is 6. The van der Waals surface area contributed by atoms with Crippen LogP contribution in [0.25, 0.3) is 0 Å². The Hall–Kier alpha value is -3.58. The van der Waals surface area contributed by atoms with Gasteiger partial charge in [-0.3, -0.25) is 9.78 Å². The number of fused-ring (bicyclic) bond motifs is 1. The van der Waals surface area contributed by atoms with E-state index in [-0.39, 0.29) is 23.9 Å². The van der Waals surface area contributed by atoms with Crippen molar-refractivity contribution in [2.45, 2.75) is 44.1 Å². The zero-order valence-electron chi connectivity index (χ0n) is 20.8. The molecular formula is C29H32ClN5O2. The summed E-state index contributed by atoms with van der Waals surface area (Å²) in [6.07, 6.45) is 8.47. The molecule has 1 aliphatic heterocycles. The van der Waals surface area contributed by atoms with E-state index in [1.165, 1.54) is 11.3 Å². The largest absolute Gasteiger partial charge is 0.371 e. The van der Waals surface area contributed by atoms with Crippen LogP contribution in [-0.2, 0) is 6.42 Å². The molecule has 0 radical (unpaired) electrons. The molecule has 2 aliphatic rings. The van der Waals surface area contributed by atoms with Gasteiger partial charge in [0.25, 0.3) is 5.91 Å². The van der Waals surface area contributed by atoms with Gasteiger partial charge in [-0.15, -0.1) is 0 Å². The van der Waals surface area contributed by atoms with Gasteiger partial charge >= 0.3 is 6.03 Å². The van der Waals surface area contributed by atoms with E-state index in [4.69, 9.17) is 11.6 Å². The molecule has 8 heteroatoms. The standard InChI is InChI=1S/C29H32ClN5O2/c30-26-6-1-2-7-27(26)34-29(37)32-19-22-5-3-4-20-8-9-21(18-25(20)22)28(36)33-23-12-16-35(17-13-23)24-10-14-31-15-11-24/h1-2,6-11,14-15,18,22-23H,3-5,12-13,16-17,19H2,(H,33,36)(H2,32,34,37). The summed E-state index contributed by atoms with van der Waals surface area (Å²) in [6, 6.07) is 17.1. The quantitative estimate of drug-likeness (QED) is 0.410. The van der Waals surface area contributed by atoms with Gasteiger partial charge in [0.05, 0.1) is 10.7 Å². The third kappa shape index (κ3) is 6.23. The molecule has 1 atom stereocenters. The number of anilines is 2. The Morgan fingerprint density at radius 1 is 1.00 bits per heavy atom. The fourth-order valence-corrected chi connectivity index (χ4v) is 5.48. The van der Waals surface area contributed by atoms with Gasteiger partial charge in [-0.25, -0.2) is 4.79 Å². The Kier molecular flexibility index (Phi) is 7.90. The van der Waals surface area contributed by atoms with Crippen LogP contribution in [0.2, 0.25) is 5.02 Å². The number of nitrogens with zero attached hydrogens (tertiary/aromatic N) is 2. The maximum Gasteiger partial charge on any atom is 0.319 e. The third-order valence-electron chi connectivity index (χ3n) is 7.34. The second-order valence-electron chi connectivity index (χ2n) is 9.76. The van der Waals surface area contributed by atoms with Crippen LogP contribution in [-0.4, -0.2) is 42.6 Å². The van der Waals surface area contributed by atoms with Gasteiger partial charge in [0.15, 0.2) is 0 Å². The van der Waals surface area contributed by atoms with Crippen molar-refractivity contribution in [3.05, 3.63) is 88.7 Å². The van der Waals surface area contributed by atoms with Gasteiger partial charge in [-0.1, -0.05) is 29.8 Å². The van der Waals surface area contributed by atoms with Gasteiger partial charge in [0.2, 0.25) is 0 Å². The normalized spacial score (nSPS) is 17.5. The van der Waals surface area contributed by atoms with Crippen LogP contribution in [0, 0.1) is 0 Å². The zero-order chi connectivity index (χ0) is 25.6. The first-order valence-corrected chi connectivity index (χ1v) is 13.3. The molecule has 37 heavy (non-hydrogen) atoms. The van der Waals surface area contributed by atoms with Crippen molar-refractivity contribution in [2.75, 3.05) is 29.9 Å². The van der Waals surface area contributed by atoms with Crippen LogP contribution >= 0.6 is 11.6 Å². The second-order valence-corrected chi connectivity index (χ2v) is 10.2. The van der Waals surface area contributed by atoms with Crippen LogP contribution in [0.3, 0.4) is 0 Å². The highest BCUT2D eigenvalue weighted by Crippen LogP contribution is 2.32. The Morgan fingerprint density at radius 3 is 2.57 bits per heavy atom. The number of aryl methyl sites for hydroxylation is 1. The number of nitrogens with one attached hydrogen (secondary N) is 3. The lowest BCUT2D eigenvalue weighted by molar-refractivity contribution is 0.0931. The maximum atomic E-state index is 13.1. The average Bonchev–Trinajstić information content (AvgIpc) is 2.93. The minimum absolute atomic E-state index is 0.0288. The Morgan fingerprint density at radius 2 is 1.78 bits per heavy atom. The summed E-state index contributed by atoms with van der Waals surface area (Å²) in [5, 5.41) is 9.53. The summed E-state index contributed by atoms with van der Waals surface area (Å²) < 4.78 is 0. The van der Waals surface area contributed by atoms with Gasteiger partial charge in [-0.05, 0) is 79.6 Å². The van der Waals surface area contributed by atoms with Crippen molar-refractivity contribution < 1.29 is 9.59 Å². The molecule has 1 fully saturated rings. The van der Waals surface area contributed by atoms with Crippen LogP contribution in [0.5, 0.6) is 0 Å². The van der Waals surface area contributed by atoms with E-state index in [1.54, 1.807) is 12.1 Å². The summed E-state index contributed by atoms with van der Waals surface area (Å²) in [7, 11) is 0. The summed E-state index contributed by atoms with van der Waals surface area (Å²) >= 11 is 6.15. The van der Waals surface area contributed by atoms with Crippen LogP contribution in [0.1, 0.15) is 53.1 Å². The molecule has 3 N–H and O–H groups in total. The lowest BCUT2D eigenvalue weighted by atomic mass is 9.82. The second kappa shape index (κ2) is 11.6. The Labute approximate surface area is 222 Å². The smallest absolute Gasteiger partial charge is 0.319 e. The van der Waals surface area contributed by atoms with Crippen molar-refractivity contribution in [3.63, 3.8) is 0 Å². The third-order valence-corrected chi connectivity index (χ3v) is 7.67.